The smallest absolute Gasteiger partial charge is 0.264 e. The van der Waals surface area contributed by atoms with Gasteiger partial charge in [-0.25, -0.2) is 0 Å². The van der Waals surface area contributed by atoms with Gasteiger partial charge in [0.15, 0.2) is 5.60 Å². The molecular weight excluding hydrogens is 855 g/mol. The number of piperidine rings is 1. The van der Waals surface area contributed by atoms with Crippen LogP contribution in [-0.2, 0) is 31.3 Å². The number of amides is 3. The minimum absolute atomic E-state index is 0.0368. The first-order valence-electron chi connectivity index (χ1n) is 24.1. The molecule has 0 unspecified atom stereocenters. The maximum atomic E-state index is 15.8. The Kier molecular flexibility index (Phi) is 14.3. The van der Waals surface area contributed by atoms with Crippen molar-refractivity contribution in [3.05, 3.63) is 138 Å². The monoisotopic (exact) mass is 924 g/mol. The number of benzene rings is 4. The summed E-state index contributed by atoms with van der Waals surface area (Å²) in [6.07, 6.45) is 6.95. The highest BCUT2D eigenvalue weighted by molar-refractivity contribution is 6.91. The fraction of sp³-hybridized carbons (Fsp3) is 0.436. The predicted molar refractivity (Wildman–Crippen MR) is 270 cm³/mol. The van der Waals surface area contributed by atoms with Crippen LogP contribution in [0.4, 0.5) is 17.1 Å². The summed E-state index contributed by atoms with van der Waals surface area (Å²) in [5.74, 6) is 0.160. The average molecular weight is 924 g/mol. The van der Waals surface area contributed by atoms with Crippen molar-refractivity contribution in [2.45, 2.75) is 102 Å². The fourth-order valence-corrected chi connectivity index (χ4v) is 15.5. The van der Waals surface area contributed by atoms with Crippen LogP contribution in [0.1, 0.15) is 70.9 Å². The summed E-state index contributed by atoms with van der Waals surface area (Å²) in [5, 5.41) is 14.9. The molecule has 4 aromatic carbocycles. The van der Waals surface area contributed by atoms with E-state index in [-0.39, 0.29) is 48.8 Å². The first-order chi connectivity index (χ1) is 32.2. The highest BCUT2D eigenvalue weighted by atomic mass is 28.3. The number of anilines is 3. The summed E-state index contributed by atoms with van der Waals surface area (Å²) in [5.41, 5.74) is 4.30. The summed E-state index contributed by atoms with van der Waals surface area (Å²) in [6.45, 7) is 15.7. The van der Waals surface area contributed by atoms with Gasteiger partial charge in [-0.1, -0.05) is 109 Å². The van der Waals surface area contributed by atoms with Gasteiger partial charge >= 0.3 is 0 Å². The molecule has 4 aliphatic heterocycles. The third-order valence-electron chi connectivity index (χ3n) is 15.1. The number of para-hydroxylation sites is 1. The molecule has 0 bridgehead atoms. The van der Waals surface area contributed by atoms with E-state index in [4.69, 9.17) is 9.47 Å². The Hall–Kier alpha value is -5.53. The van der Waals surface area contributed by atoms with Gasteiger partial charge in [-0.05, 0) is 113 Å². The van der Waals surface area contributed by atoms with E-state index in [9.17, 15) is 9.90 Å². The van der Waals surface area contributed by atoms with Gasteiger partial charge in [-0.3, -0.25) is 19.3 Å². The lowest BCUT2D eigenvalue weighted by Crippen LogP contribution is -2.55. The number of rotatable bonds is 16. The van der Waals surface area contributed by atoms with E-state index in [0.29, 0.717) is 32.6 Å². The molecule has 0 saturated carbocycles. The number of hydrogen-bond donors (Lipinski definition) is 2. The van der Waals surface area contributed by atoms with Crippen LogP contribution in [0.5, 0.6) is 5.75 Å². The zero-order chi connectivity index (χ0) is 47.5. The largest absolute Gasteiger partial charge is 0.497 e. The van der Waals surface area contributed by atoms with Gasteiger partial charge < -0.3 is 34.6 Å². The number of allylic oxidation sites excluding steroid dienone is 3. The number of carbonyl (C=O) groups is 3. The molecule has 0 radical (unpaired) electrons. The SMILES string of the molecule is COc1ccc([Si](C)(C)[C@H]2[C@H](CC(=O)N(CCO)Cc3ccccc3)O[C@@]3(C(=O)N(C/C=C(\C)CCC=C(C)C)c4ccc(N5CN(c6ccccc6)C6(CCNCC6)C5=O)cc43)[C@@H]2C)cc1. The molecule has 8 rings (SSSR count). The topological polar surface area (TPSA) is 115 Å². The van der Waals surface area contributed by atoms with Crippen molar-refractivity contribution in [2.75, 3.05) is 61.3 Å². The molecule has 67 heavy (non-hydrogen) atoms. The molecule has 3 amide bonds. The van der Waals surface area contributed by atoms with Crippen LogP contribution in [0.3, 0.4) is 0 Å². The summed E-state index contributed by atoms with van der Waals surface area (Å²) in [7, 11) is -0.959. The summed E-state index contributed by atoms with van der Waals surface area (Å²) in [6, 6.07) is 34.3. The van der Waals surface area contributed by atoms with Crippen molar-refractivity contribution in [3.8, 4) is 5.75 Å². The number of hydrogen-bond acceptors (Lipinski definition) is 8. The molecule has 354 valence electrons. The standard InChI is InChI=1S/C55H69N5O6Si/c1-39(2)15-14-16-40(3)27-32-58-48-26-21-44(59-38-60(43-19-12-9-13-20-43)54(52(59)63)28-30-56-31-29-54)35-47(48)55(53(58)64)41(4)51(67(6,7)46-24-22-45(65-5)23-25-46)49(66-55)36-50(62)57(33-34-61)37-42-17-10-8-11-18-42/h8-13,15,17-27,35,41,49,51,56,61H,14,16,28-34,36-38H2,1-7H3/b40-27+/t41-,49+,51-,55+/m1/s1. The van der Waals surface area contributed by atoms with Gasteiger partial charge in [-0.2, -0.15) is 0 Å². The van der Waals surface area contributed by atoms with Crippen LogP contribution < -0.4 is 29.9 Å². The van der Waals surface area contributed by atoms with E-state index in [1.54, 1.807) is 12.0 Å². The minimum Gasteiger partial charge on any atom is -0.497 e. The van der Waals surface area contributed by atoms with Gasteiger partial charge in [0.25, 0.3) is 11.8 Å². The molecule has 0 aliphatic carbocycles. The zero-order valence-corrected chi connectivity index (χ0v) is 41.5. The van der Waals surface area contributed by atoms with Crippen LogP contribution in [0.2, 0.25) is 18.6 Å². The van der Waals surface area contributed by atoms with E-state index < -0.39 is 25.3 Å². The summed E-state index contributed by atoms with van der Waals surface area (Å²) < 4.78 is 13.1. The normalized spacial score (nSPS) is 22.5. The number of ether oxygens (including phenoxy) is 2. The van der Waals surface area contributed by atoms with Gasteiger partial charge in [0.1, 0.15) is 11.3 Å². The van der Waals surface area contributed by atoms with Gasteiger partial charge in [-0.15, -0.1) is 0 Å². The maximum absolute atomic E-state index is 15.8. The van der Waals surface area contributed by atoms with Crippen LogP contribution in [0, 0.1) is 5.92 Å². The second-order valence-electron chi connectivity index (χ2n) is 19.8. The van der Waals surface area contributed by atoms with Crippen LogP contribution >= 0.6 is 0 Å². The van der Waals surface area contributed by atoms with Crippen molar-refractivity contribution in [3.63, 3.8) is 0 Å². The van der Waals surface area contributed by atoms with E-state index in [0.717, 1.165) is 59.9 Å². The number of carbonyl (C=O) groups excluding carboxylic acids is 3. The molecule has 3 fully saturated rings. The van der Waals surface area contributed by atoms with Gasteiger partial charge in [0.05, 0.1) is 46.7 Å². The molecule has 2 N–H and O–H groups in total. The highest BCUT2D eigenvalue weighted by Crippen LogP contribution is 2.60. The number of methoxy groups -OCH3 is 1. The Balaban J connectivity index is 1.24. The van der Waals surface area contributed by atoms with E-state index in [2.05, 4.69) is 87.4 Å². The molecule has 4 aliphatic rings. The lowest BCUT2D eigenvalue weighted by atomic mass is 9.82. The second kappa shape index (κ2) is 20.0. The van der Waals surface area contributed by atoms with Gasteiger partial charge in [0, 0.05) is 42.5 Å². The van der Waals surface area contributed by atoms with Crippen molar-refractivity contribution >= 4 is 48.0 Å². The van der Waals surface area contributed by atoms with E-state index in [1.165, 1.54) is 16.3 Å². The molecule has 4 aromatic rings. The minimum atomic E-state index is -2.62. The molecule has 4 heterocycles. The average Bonchev–Trinajstić information content (AvgIpc) is 3.88. The Labute approximate surface area is 398 Å². The Morgan fingerprint density at radius 1 is 0.910 bits per heavy atom. The van der Waals surface area contributed by atoms with Crippen LogP contribution in [0.25, 0.3) is 0 Å². The third-order valence-corrected chi connectivity index (χ3v) is 19.5. The number of fused-ring (bicyclic) bond motifs is 2. The number of aliphatic hydroxyl groups is 1. The number of aliphatic hydroxyl groups excluding tert-OH is 1. The van der Waals surface area contributed by atoms with Crippen molar-refractivity contribution in [2.24, 2.45) is 5.92 Å². The van der Waals surface area contributed by atoms with Crippen LogP contribution in [0.15, 0.2) is 126 Å². The second-order valence-corrected chi connectivity index (χ2v) is 24.5. The molecule has 12 heteroatoms. The van der Waals surface area contributed by atoms with Crippen molar-refractivity contribution < 1.29 is 29.0 Å². The lowest BCUT2D eigenvalue weighted by Gasteiger charge is -2.39. The zero-order valence-electron chi connectivity index (χ0n) is 40.5. The predicted octanol–water partition coefficient (Wildman–Crippen LogP) is 8.29. The Morgan fingerprint density at radius 3 is 2.25 bits per heavy atom. The van der Waals surface area contributed by atoms with E-state index >= 15 is 9.59 Å². The third kappa shape index (κ3) is 9.13. The Bertz CT molecular complexity index is 2470. The van der Waals surface area contributed by atoms with Crippen molar-refractivity contribution in [1.29, 1.82) is 0 Å². The van der Waals surface area contributed by atoms with Crippen molar-refractivity contribution in [1.82, 2.24) is 10.2 Å². The van der Waals surface area contributed by atoms with Gasteiger partial charge in [0.2, 0.25) is 5.91 Å². The summed E-state index contributed by atoms with van der Waals surface area (Å²) in [4.78, 5) is 53.4. The number of nitrogens with zero attached hydrogens (tertiary/aromatic N) is 4. The molecule has 3 saturated heterocycles. The van der Waals surface area contributed by atoms with Crippen LogP contribution in [-0.4, -0.2) is 94.0 Å². The highest BCUT2D eigenvalue weighted by Gasteiger charge is 2.67. The molecule has 11 nitrogen and oxygen atoms in total. The molecular formula is C55H69N5O6Si. The number of nitrogens with one attached hydrogen (secondary N) is 1. The maximum Gasteiger partial charge on any atom is 0.264 e. The van der Waals surface area contributed by atoms with E-state index in [1.807, 2.05) is 88.7 Å². The Morgan fingerprint density at radius 2 is 1.60 bits per heavy atom. The first-order valence-corrected chi connectivity index (χ1v) is 27.2. The molecule has 2 spiro atoms. The fourth-order valence-electron chi connectivity index (χ4n) is 11.5. The summed E-state index contributed by atoms with van der Waals surface area (Å²) >= 11 is 0. The first kappa shape index (κ1) is 47.9. The molecule has 0 aromatic heterocycles. The molecule has 4 atom stereocenters. The quantitative estimate of drug-likeness (QED) is 0.0853. The lowest BCUT2D eigenvalue weighted by molar-refractivity contribution is -0.149.